The number of hydrogen-bond donors (Lipinski definition) is 1. The van der Waals surface area contributed by atoms with E-state index in [0.29, 0.717) is 19.5 Å². The van der Waals surface area contributed by atoms with E-state index in [4.69, 9.17) is 0 Å². The van der Waals surface area contributed by atoms with E-state index in [1.54, 1.807) is 6.92 Å². The summed E-state index contributed by atoms with van der Waals surface area (Å²) in [6, 6.07) is 0. The van der Waals surface area contributed by atoms with Crippen LogP contribution in [0.4, 0.5) is 0 Å². The Bertz CT molecular complexity index is 429. The first-order chi connectivity index (χ1) is 9.45. The highest BCUT2D eigenvalue weighted by molar-refractivity contribution is 7.89. The molecule has 8 heteroatoms. The summed E-state index contributed by atoms with van der Waals surface area (Å²) in [4.78, 5) is 22.4. The van der Waals surface area contributed by atoms with Gasteiger partial charge in [0, 0.05) is 19.6 Å². The third-order valence-corrected chi connectivity index (χ3v) is 4.93. The van der Waals surface area contributed by atoms with Crippen molar-refractivity contribution < 1.29 is 22.7 Å². The quantitative estimate of drug-likeness (QED) is 0.383. The third-order valence-electron chi connectivity index (χ3n) is 2.97. The number of sulfonamides is 1. The molecule has 0 atom stereocenters. The Balaban J connectivity index is 2.18. The predicted octanol–water partition coefficient (Wildman–Crippen LogP) is -0.128. The van der Waals surface area contributed by atoms with Crippen LogP contribution < -0.4 is 5.32 Å². The smallest absolute Gasteiger partial charge is 0.315 e. The highest BCUT2D eigenvalue weighted by Crippen LogP contribution is 2.13. The molecule has 0 saturated carbocycles. The first-order valence-corrected chi connectivity index (χ1v) is 8.47. The molecular weight excluding hydrogens is 284 g/mol. The first-order valence-electron chi connectivity index (χ1n) is 6.86. The van der Waals surface area contributed by atoms with E-state index in [1.807, 2.05) is 0 Å². The van der Waals surface area contributed by atoms with Crippen molar-refractivity contribution in [1.82, 2.24) is 9.62 Å². The minimum atomic E-state index is -3.20. The van der Waals surface area contributed by atoms with Crippen LogP contribution in [0.1, 0.15) is 32.6 Å². The standard InChI is InChI=1S/C12H22N2O5S/c1-2-19-12(16)10-11(15)13-6-5-9-20(17,18)14-7-3-4-8-14/h2-10H2,1H3,(H,13,15). The molecule has 1 aliphatic heterocycles. The minimum Gasteiger partial charge on any atom is -0.466 e. The summed E-state index contributed by atoms with van der Waals surface area (Å²) in [5.41, 5.74) is 0. The molecule has 0 aliphatic carbocycles. The molecule has 7 nitrogen and oxygen atoms in total. The Morgan fingerprint density at radius 2 is 1.90 bits per heavy atom. The van der Waals surface area contributed by atoms with Gasteiger partial charge in [-0.25, -0.2) is 12.7 Å². The predicted molar refractivity (Wildman–Crippen MR) is 73.5 cm³/mol. The monoisotopic (exact) mass is 306 g/mol. The molecule has 0 unspecified atom stereocenters. The lowest BCUT2D eigenvalue weighted by molar-refractivity contribution is -0.145. The molecular formula is C12H22N2O5S. The average Bonchev–Trinajstić information content (AvgIpc) is 2.89. The second kappa shape index (κ2) is 8.21. The lowest BCUT2D eigenvalue weighted by Crippen LogP contribution is -2.33. The van der Waals surface area contributed by atoms with Crippen LogP contribution in [-0.2, 0) is 24.3 Å². The van der Waals surface area contributed by atoms with Crippen LogP contribution in [0.2, 0.25) is 0 Å². The van der Waals surface area contributed by atoms with Gasteiger partial charge in [0.2, 0.25) is 15.9 Å². The van der Waals surface area contributed by atoms with Gasteiger partial charge in [0.05, 0.1) is 12.4 Å². The number of nitrogens with zero attached hydrogens (tertiary/aromatic N) is 1. The highest BCUT2D eigenvalue weighted by Gasteiger charge is 2.24. The molecule has 0 aromatic rings. The van der Waals surface area contributed by atoms with Crippen LogP contribution in [0.3, 0.4) is 0 Å². The maximum atomic E-state index is 11.9. The molecule has 116 valence electrons. The maximum absolute atomic E-state index is 11.9. The third kappa shape index (κ3) is 5.87. The molecule has 1 fully saturated rings. The van der Waals surface area contributed by atoms with Crippen LogP contribution in [0.25, 0.3) is 0 Å². The fraction of sp³-hybridized carbons (Fsp3) is 0.833. The van der Waals surface area contributed by atoms with E-state index in [2.05, 4.69) is 10.1 Å². The normalized spacial score (nSPS) is 16.1. The van der Waals surface area contributed by atoms with Crippen LogP contribution in [0.5, 0.6) is 0 Å². The van der Waals surface area contributed by atoms with Crippen molar-refractivity contribution in [2.45, 2.75) is 32.6 Å². The van der Waals surface area contributed by atoms with Crippen molar-refractivity contribution >= 4 is 21.9 Å². The van der Waals surface area contributed by atoms with E-state index >= 15 is 0 Å². The van der Waals surface area contributed by atoms with Gasteiger partial charge >= 0.3 is 5.97 Å². The minimum absolute atomic E-state index is 0.0205. The number of carbonyl (C=O) groups is 2. The number of carbonyl (C=O) groups excluding carboxylic acids is 2. The summed E-state index contributed by atoms with van der Waals surface area (Å²) in [5.74, 6) is -0.996. The molecule has 0 spiro atoms. The van der Waals surface area contributed by atoms with E-state index in [9.17, 15) is 18.0 Å². The van der Waals surface area contributed by atoms with Crippen LogP contribution >= 0.6 is 0 Å². The highest BCUT2D eigenvalue weighted by atomic mass is 32.2. The van der Waals surface area contributed by atoms with Crippen molar-refractivity contribution in [2.75, 3.05) is 32.0 Å². The molecule has 1 amide bonds. The molecule has 1 N–H and O–H groups in total. The van der Waals surface area contributed by atoms with Gasteiger partial charge in [0.15, 0.2) is 0 Å². The van der Waals surface area contributed by atoms with E-state index in [0.717, 1.165) is 12.8 Å². The molecule has 1 saturated heterocycles. The number of ether oxygens (including phenoxy) is 1. The van der Waals surface area contributed by atoms with Crippen LogP contribution in [0, 0.1) is 0 Å². The Morgan fingerprint density at radius 1 is 1.25 bits per heavy atom. The summed E-state index contributed by atoms with van der Waals surface area (Å²) in [5, 5.41) is 2.51. The van der Waals surface area contributed by atoms with E-state index < -0.39 is 21.9 Å². The van der Waals surface area contributed by atoms with Crippen molar-refractivity contribution in [3.05, 3.63) is 0 Å². The Hall–Kier alpha value is -1.15. The van der Waals surface area contributed by atoms with Gasteiger partial charge in [-0.15, -0.1) is 0 Å². The Morgan fingerprint density at radius 3 is 2.50 bits per heavy atom. The zero-order valence-corrected chi connectivity index (χ0v) is 12.6. The van der Waals surface area contributed by atoms with Crippen molar-refractivity contribution in [2.24, 2.45) is 0 Å². The van der Waals surface area contributed by atoms with Gasteiger partial charge < -0.3 is 10.1 Å². The molecule has 1 aliphatic rings. The number of hydrogen-bond acceptors (Lipinski definition) is 5. The molecule has 0 bridgehead atoms. The summed E-state index contributed by atoms with van der Waals surface area (Å²) in [6.45, 7) is 3.33. The van der Waals surface area contributed by atoms with Gasteiger partial charge in [-0.05, 0) is 26.2 Å². The largest absolute Gasteiger partial charge is 0.466 e. The van der Waals surface area contributed by atoms with Gasteiger partial charge in [-0.1, -0.05) is 0 Å². The zero-order valence-electron chi connectivity index (χ0n) is 11.8. The SMILES string of the molecule is CCOC(=O)CC(=O)NCCCS(=O)(=O)N1CCCC1. The number of nitrogens with one attached hydrogen (secondary N) is 1. The van der Waals surface area contributed by atoms with Gasteiger partial charge in [-0.3, -0.25) is 9.59 Å². The lowest BCUT2D eigenvalue weighted by atomic mass is 10.4. The van der Waals surface area contributed by atoms with E-state index in [1.165, 1.54) is 4.31 Å². The topological polar surface area (TPSA) is 92.8 Å². The molecule has 1 heterocycles. The second-order valence-electron chi connectivity index (χ2n) is 4.61. The van der Waals surface area contributed by atoms with Gasteiger partial charge in [0.1, 0.15) is 6.42 Å². The molecule has 20 heavy (non-hydrogen) atoms. The molecule has 1 rings (SSSR count). The van der Waals surface area contributed by atoms with Crippen molar-refractivity contribution in [1.29, 1.82) is 0 Å². The first kappa shape index (κ1) is 16.9. The molecule has 0 aromatic heterocycles. The van der Waals surface area contributed by atoms with Crippen LogP contribution in [-0.4, -0.2) is 56.6 Å². The molecule has 0 radical (unpaired) electrons. The van der Waals surface area contributed by atoms with Crippen molar-refractivity contribution in [3.8, 4) is 0 Å². The summed E-state index contributed by atoms with van der Waals surface area (Å²) < 4.78 is 29.9. The van der Waals surface area contributed by atoms with Crippen molar-refractivity contribution in [3.63, 3.8) is 0 Å². The maximum Gasteiger partial charge on any atom is 0.315 e. The zero-order chi connectivity index (χ0) is 15.0. The number of esters is 1. The Kier molecular flexibility index (Phi) is 6.94. The summed E-state index contributed by atoms with van der Waals surface area (Å²) in [7, 11) is -3.20. The lowest BCUT2D eigenvalue weighted by Gasteiger charge is -2.15. The van der Waals surface area contributed by atoms with Gasteiger partial charge in [-0.2, -0.15) is 0 Å². The second-order valence-corrected chi connectivity index (χ2v) is 6.70. The van der Waals surface area contributed by atoms with Gasteiger partial charge in [0.25, 0.3) is 0 Å². The summed E-state index contributed by atoms with van der Waals surface area (Å²) in [6.07, 6.45) is 1.84. The number of rotatable bonds is 8. The fourth-order valence-corrected chi connectivity index (χ4v) is 3.57. The molecule has 0 aromatic carbocycles. The average molecular weight is 306 g/mol. The van der Waals surface area contributed by atoms with E-state index in [-0.39, 0.29) is 25.3 Å². The Labute approximate surface area is 119 Å². The summed E-state index contributed by atoms with van der Waals surface area (Å²) >= 11 is 0. The fourth-order valence-electron chi connectivity index (χ4n) is 1.98. The van der Waals surface area contributed by atoms with Crippen LogP contribution in [0.15, 0.2) is 0 Å². The number of amides is 1.